The summed E-state index contributed by atoms with van der Waals surface area (Å²) >= 11 is 0. The van der Waals surface area contributed by atoms with Gasteiger partial charge in [-0.3, -0.25) is 4.79 Å². The van der Waals surface area contributed by atoms with Crippen LogP contribution in [0.2, 0.25) is 0 Å². The van der Waals surface area contributed by atoms with Gasteiger partial charge < -0.3 is 15.5 Å². The van der Waals surface area contributed by atoms with Crippen LogP contribution in [0.3, 0.4) is 0 Å². The highest BCUT2D eigenvalue weighted by atomic mass is 19.1. The van der Waals surface area contributed by atoms with E-state index in [2.05, 4.69) is 10.6 Å². The lowest BCUT2D eigenvalue weighted by Gasteiger charge is -2.32. The molecule has 1 saturated heterocycles. The van der Waals surface area contributed by atoms with Crippen LogP contribution >= 0.6 is 0 Å². The predicted octanol–water partition coefficient (Wildman–Crippen LogP) is 3.39. The van der Waals surface area contributed by atoms with E-state index in [9.17, 15) is 14.0 Å². The zero-order valence-electron chi connectivity index (χ0n) is 14.5. The van der Waals surface area contributed by atoms with E-state index in [1.807, 2.05) is 30.3 Å². The van der Waals surface area contributed by atoms with Gasteiger partial charge in [-0.05, 0) is 42.7 Å². The van der Waals surface area contributed by atoms with Gasteiger partial charge >= 0.3 is 6.03 Å². The fourth-order valence-corrected chi connectivity index (χ4v) is 3.04. The molecule has 3 amide bonds. The Morgan fingerprint density at radius 3 is 2.54 bits per heavy atom. The first-order chi connectivity index (χ1) is 12.6. The molecule has 2 N–H and O–H groups in total. The van der Waals surface area contributed by atoms with Crippen LogP contribution < -0.4 is 10.6 Å². The molecular weight excluding hydrogens is 333 g/mol. The summed E-state index contributed by atoms with van der Waals surface area (Å²) in [5.74, 6) is -0.754. The van der Waals surface area contributed by atoms with Crippen molar-refractivity contribution in [2.24, 2.45) is 5.92 Å². The number of amides is 3. The number of benzene rings is 2. The van der Waals surface area contributed by atoms with Gasteiger partial charge in [0.15, 0.2) is 0 Å². The maximum absolute atomic E-state index is 13.0. The molecule has 0 spiro atoms. The first-order valence-corrected chi connectivity index (χ1v) is 8.75. The predicted molar refractivity (Wildman–Crippen MR) is 98.0 cm³/mol. The maximum atomic E-state index is 13.0. The molecule has 1 aliphatic heterocycles. The molecule has 1 atom stereocenters. The van der Waals surface area contributed by atoms with E-state index in [0.717, 1.165) is 18.4 Å². The Morgan fingerprint density at radius 1 is 1.08 bits per heavy atom. The van der Waals surface area contributed by atoms with E-state index < -0.39 is 0 Å². The topological polar surface area (TPSA) is 61.4 Å². The average Bonchev–Trinajstić information content (AvgIpc) is 2.69. The molecule has 26 heavy (non-hydrogen) atoms. The molecule has 3 rings (SSSR count). The lowest BCUT2D eigenvalue weighted by atomic mass is 9.97. The summed E-state index contributed by atoms with van der Waals surface area (Å²) in [6.07, 6.45) is 1.51. The van der Waals surface area contributed by atoms with Crippen molar-refractivity contribution in [1.82, 2.24) is 10.2 Å². The Bertz CT molecular complexity index is 749. The second-order valence-electron chi connectivity index (χ2n) is 6.43. The molecule has 0 saturated carbocycles. The number of likely N-dealkylation sites (tertiary alicyclic amines) is 1. The Balaban J connectivity index is 1.52. The number of carbonyl (C=O) groups is 2. The molecule has 1 heterocycles. The molecule has 6 heteroatoms. The van der Waals surface area contributed by atoms with Crippen molar-refractivity contribution in [2.45, 2.75) is 19.4 Å². The van der Waals surface area contributed by atoms with Crippen molar-refractivity contribution in [1.29, 1.82) is 0 Å². The smallest absolute Gasteiger partial charge is 0.317 e. The summed E-state index contributed by atoms with van der Waals surface area (Å²) < 4.78 is 13.0. The van der Waals surface area contributed by atoms with Gasteiger partial charge in [0.05, 0.1) is 5.92 Å². The van der Waals surface area contributed by atoms with Gasteiger partial charge in [-0.25, -0.2) is 9.18 Å². The number of hydrogen-bond donors (Lipinski definition) is 2. The summed E-state index contributed by atoms with van der Waals surface area (Å²) in [6, 6.07) is 15.2. The first-order valence-electron chi connectivity index (χ1n) is 8.75. The highest BCUT2D eigenvalue weighted by Crippen LogP contribution is 2.19. The molecule has 136 valence electrons. The number of hydrogen-bond acceptors (Lipinski definition) is 2. The van der Waals surface area contributed by atoms with Crippen LogP contribution in [0.5, 0.6) is 0 Å². The molecule has 5 nitrogen and oxygen atoms in total. The fraction of sp³-hybridized carbons (Fsp3) is 0.300. The van der Waals surface area contributed by atoms with Crippen molar-refractivity contribution in [2.75, 3.05) is 18.4 Å². The number of piperidine rings is 1. The summed E-state index contributed by atoms with van der Waals surface area (Å²) in [4.78, 5) is 26.5. The van der Waals surface area contributed by atoms with Crippen LogP contribution in [0.4, 0.5) is 14.9 Å². The average molecular weight is 355 g/mol. The molecule has 1 aliphatic rings. The molecular formula is C20H22FN3O2. The molecule has 0 aromatic heterocycles. The van der Waals surface area contributed by atoms with Gasteiger partial charge in [0.2, 0.25) is 5.91 Å². The SMILES string of the molecule is O=C(Nc1ccc(F)cc1)[C@@H]1CCCN(C(=O)NCc2ccccc2)C1. The Hall–Kier alpha value is -2.89. The minimum absolute atomic E-state index is 0.142. The van der Waals surface area contributed by atoms with Gasteiger partial charge in [0, 0.05) is 25.3 Å². The van der Waals surface area contributed by atoms with Crippen molar-refractivity contribution >= 4 is 17.6 Å². The third kappa shape index (κ3) is 4.81. The largest absolute Gasteiger partial charge is 0.334 e. The standard InChI is InChI=1S/C20H22FN3O2/c21-17-8-10-18(11-9-17)23-19(25)16-7-4-12-24(14-16)20(26)22-13-15-5-2-1-3-6-15/h1-3,5-6,8-11,16H,4,7,12-14H2,(H,22,26)(H,23,25)/t16-/m1/s1. The van der Waals surface area contributed by atoms with Gasteiger partial charge in [0.25, 0.3) is 0 Å². The van der Waals surface area contributed by atoms with E-state index >= 15 is 0 Å². The Morgan fingerprint density at radius 2 is 1.81 bits per heavy atom. The third-order valence-electron chi connectivity index (χ3n) is 4.48. The number of rotatable bonds is 4. The zero-order valence-corrected chi connectivity index (χ0v) is 14.5. The highest BCUT2D eigenvalue weighted by Gasteiger charge is 2.28. The van der Waals surface area contributed by atoms with E-state index in [4.69, 9.17) is 0 Å². The number of anilines is 1. The van der Waals surface area contributed by atoms with E-state index in [1.165, 1.54) is 24.3 Å². The van der Waals surface area contributed by atoms with Crippen LogP contribution in [0.1, 0.15) is 18.4 Å². The van der Waals surface area contributed by atoms with Crippen LogP contribution in [0.25, 0.3) is 0 Å². The van der Waals surface area contributed by atoms with Crippen LogP contribution in [-0.2, 0) is 11.3 Å². The highest BCUT2D eigenvalue weighted by molar-refractivity contribution is 5.93. The summed E-state index contributed by atoms with van der Waals surface area (Å²) in [5.41, 5.74) is 1.59. The minimum atomic E-state index is -0.345. The third-order valence-corrected chi connectivity index (χ3v) is 4.48. The number of nitrogens with one attached hydrogen (secondary N) is 2. The second-order valence-corrected chi connectivity index (χ2v) is 6.43. The zero-order chi connectivity index (χ0) is 18.4. The van der Waals surface area contributed by atoms with E-state index in [1.54, 1.807) is 4.90 Å². The molecule has 1 fully saturated rings. The van der Waals surface area contributed by atoms with Crippen LogP contribution in [0, 0.1) is 11.7 Å². The summed E-state index contributed by atoms with van der Waals surface area (Å²) in [6.45, 7) is 1.48. The lowest BCUT2D eigenvalue weighted by molar-refractivity contribution is -0.121. The van der Waals surface area contributed by atoms with Gasteiger partial charge in [-0.2, -0.15) is 0 Å². The molecule has 0 bridgehead atoms. The van der Waals surface area contributed by atoms with E-state index in [0.29, 0.717) is 25.3 Å². The van der Waals surface area contributed by atoms with Gasteiger partial charge in [0.1, 0.15) is 5.82 Å². The summed E-state index contributed by atoms with van der Waals surface area (Å²) in [7, 11) is 0. The van der Waals surface area contributed by atoms with E-state index in [-0.39, 0.29) is 23.7 Å². The van der Waals surface area contributed by atoms with Crippen molar-refractivity contribution in [3.05, 3.63) is 66.0 Å². The van der Waals surface area contributed by atoms with Crippen LogP contribution in [-0.4, -0.2) is 29.9 Å². The molecule has 2 aromatic rings. The van der Waals surface area contributed by atoms with Crippen molar-refractivity contribution in [3.63, 3.8) is 0 Å². The Labute approximate surface area is 152 Å². The van der Waals surface area contributed by atoms with Crippen molar-refractivity contribution in [3.8, 4) is 0 Å². The normalized spacial score (nSPS) is 16.8. The monoisotopic (exact) mass is 355 g/mol. The fourth-order valence-electron chi connectivity index (χ4n) is 3.04. The molecule has 0 radical (unpaired) electrons. The van der Waals surface area contributed by atoms with Crippen molar-refractivity contribution < 1.29 is 14.0 Å². The summed E-state index contributed by atoms with van der Waals surface area (Å²) in [5, 5.41) is 5.69. The number of halogens is 1. The quantitative estimate of drug-likeness (QED) is 0.883. The number of urea groups is 1. The van der Waals surface area contributed by atoms with Gasteiger partial charge in [-0.1, -0.05) is 30.3 Å². The molecule has 0 unspecified atom stereocenters. The number of carbonyl (C=O) groups excluding carboxylic acids is 2. The molecule has 2 aromatic carbocycles. The minimum Gasteiger partial charge on any atom is -0.334 e. The van der Waals surface area contributed by atoms with Crippen LogP contribution in [0.15, 0.2) is 54.6 Å². The second kappa shape index (κ2) is 8.47. The van der Waals surface area contributed by atoms with Gasteiger partial charge in [-0.15, -0.1) is 0 Å². The number of nitrogens with zero attached hydrogens (tertiary/aromatic N) is 1. The molecule has 0 aliphatic carbocycles. The lowest BCUT2D eigenvalue weighted by Crippen LogP contribution is -2.47. The maximum Gasteiger partial charge on any atom is 0.317 e. The first kappa shape index (κ1) is 17.9. The Kier molecular flexibility index (Phi) is 5.84.